The van der Waals surface area contributed by atoms with Crippen LogP contribution in [0, 0.1) is 6.92 Å². The van der Waals surface area contributed by atoms with Crippen molar-refractivity contribution >= 4 is 44.8 Å². The second-order valence-corrected chi connectivity index (χ2v) is 8.81. The molecule has 4 aromatic carbocycles. The van der Waals surface area contributed by atoms with Gasteiger partial charge in [-0.05, 0) is 66.6 Å². The zero-order valence-corrected chi connectivity index (χ0v) is 20.8. The molecule has 0 bridgehead atoms. The Balaban J connectivity index is 1.41. The number of hydrazone groups is 1. The zero-order valence-electron chi connectivity index (χ0n) is 19.2. The molecule has 0 aliphatic carbocycles. The number of benzene rings is 4. The summed E-state index contributed by atoms with van der Waals surface area (Å²) in [7, 11) is 0. The molecule has 0 aromatic heterocycles. The minimum Gasteiger partial charge on any atom is -0.481 e. The number of hydrogen-bond acceptors (Lipinski definition) is 5. The van der Waals surface area contributed by atoms with Gasteiger partial charge in [-0.2, -0.15) is 5.10 Å². The predicted octanol–water partition coefficient (Wildman–Crippen LogP) is 6.05. The van der Waals surface area contributed by atoms with Crippen LogP contribution < -0.4 is 14.9 Å². The highest BCUT2D eigenvalue weighted by Gasteiger charge is 2.15. The van der Waals surface area contributed by atoms with E-state index in [1.807, 2.05) is 61.5 Å². The number of nitrogens with zero attached hydrogens (tertiary/aromatic N) is 1. The quantitative estimate of drug-likeness (QED) is 0.136. The van der Waals surface area contributed by atoms with Crippen LogP contribution in [0.2, 0.25) is 0 Å². The van der Waals surface area contributed by atoms with Crippen molar-refractivity contribution in [2.45, 2.75) is 20.0 Å². The number of carbonyl (C=O) groups excluding carboxylic acids is 2. The molecule has 176 valence electrons. The third-order valence-corrected chi connectivity index (χ3v) is 5.81. The van der Waals surface area contributed by atoms with Crippen molar-refractivity contribution in [1.82, 2.24) is 5.43 Å². The normalized spacial score (nSPS) is 11.9. The molecule has 0 spiro atoms. The van der Waals surface area contributed by atoms with Crippen molar-refractivity contribution < 1.29 is 19.1 Å². The SMILES string of the molecule is Cc1ccccc1C(=O)Oc1ccc(Br)cc1C=NNC(=O)C(C)Oc1ccc2ccccc2c1. The van der Waals surface area contributed by atoms with Crippen molar-refractivity contribution in [2.24, 2.45) is 5.10 Å². The van der Waals surface area contributed by atoms with Crippen molar-refractivity contribution in [3.05, 3.63) is 106 Å². The van der Waals surface area contributed by atoms with Gasteiger partial charge in [-0.3, -0.25) is 4.79 Å². The van der Waals surface area contributed by atoms with Crippen molar-refractivity contribution in [1.29, 1.82) is 0 Å². The Morgan fingerprint density at radius 2 is 1.69 bits per heavy atom. The highest BCUT2D eigenvalue weighted by molar-refractivity contribution is 9.10. The summed E-state index contributed by atoms with van der Waals surface area (Å²) in [6.45, 7) is 3.49. The third-order valence-electron chi connectivity index (χ3n) is 5.32. The smallest absolute Gasteiger partial charge is 0.343 e. The lowest BCUT2D eigenvalue weighted by atomic mass is 10.1. The summed E-state index contributed by atoms with van der Waals surface area (Å²) in [4.78, 5) is 25.1. The van der Waals surface area contributed by atoms with E-state index in [4.69, 9.17) is 9.47 Å². The topological polar surface area (TPSA) is 77.0 Å². The van der Waals surface area contributed by atoms with Gasteiger partial charge in [0.05, 0.1) is 11.8 Å². The molecule has 1 N–H and O–H groups in total. The molecule has 1 unspecified atom stereocenters. The van der Waals surface area contributed by atoms with Crippen LogP contribution in [0.3, 0.4) is 0 Å². The second kappa shape index (κ2) is 11.0. The number of rotatable bonds is 7. The van der Waals surface area contributed by atoms with E-state index in [-0.39, 0.29) is 0 Å². The van der Waals surface area contributed by atoms with Crippen molar-refractivity contribution in [2.75, 3.05) is 0 Å². The number of ether oxygens (including phenoxy) is 2. The first-order valence-electron chi connectivity index (χ1n) is 11.0. The molecule has 6 nitrogen and oxygen atoms in total. The van der Waals surface area contributed by atoms with Gasteiger partial charge in [0, 0.05) is 10.0 Å². The molecule has 0 aliphatic rings. The number of hydrogen-bond donors (Lipinski definition) is 1. The molecular formula is C28H23BrN2O4. The molecule has 0 saturated heterocycles. The molecule has 35 heavy (non-hydrogen) atoms. The first-order chi connectivity index (χ1) is 16.9. The molecule has 1 amide bonds. The largest absolute Gasteiger partial charge is 0.481 e. The van der Waals surface area contributed by atoms with E-state index >= 15 is 0 Å². The van der Waals surface area contributed by atoms with Crippen LogP contribution in [0.5, 0.6) is 11.5 Å². The summed E-state index contributed by atoms with van der Waals surface area (Å²) in [5.74, 6) is 0.0250. The van der Waals surface area contributed by atoms with Crippen LogP contribution in [-0.4, -0.2) is 24.2 Å². The molecule has 0 heterocycles. The highest BCUT2D eigenvalue weighted by Crippen LogP contribution is 2.24. The summed E-state index contributed by atoms with van der Waals surface area (Å²) in [6.07, 6.45) is 0.653. The van der Waals surface area contributed by atoms with E-state index in [9.17, 15) is 9.59 Å². The summed E-state index contributed by atoms with van der Waals surface area (Å²) in [5.41, 5.74) is 4.29. The van der Waals surface area contributed by atoms with Gasteiger partial charge in [0.25, 0.3) is 5.91 Å². The van der Waals surface area contributed by atoms with E-state index in [0.717, 1.165) is 20.8 Å². The summed E-state index contributed by atoms with van der Waals surface area (Å²) in [6, 6.07) is 25.9. The molecule has 7 heteroatoms. The van der Waals surface area contributed by atoms with Gasteiger partial charge < -0.3 is 9.47 Å². The third kappa shape index (κ3) is 6.13. The number of amides is 1. The Kier molecular flexibility index (Phi) is 7.57. The minimum absolute atomic E-state index is 0.319. The number of aryl methyl sites for hydroxylation is 1. The lowest BCUT2D eigenvalue weighted by molar-refractivity contribution is -0.127. The average molecular weight is 531 g/mol. The molecule has 4 aromatic rings. The Bertz CT molecular complexity index is 1420. The van der Waals surface area contributed by atoms with Gasteiger partial charge in [-0.1, -0.05) is 64.5 Å². The predicted molar refractivity (Wildman–Crippen MR) is 140 cm³/mol. The molecule has 0 saturated carbocycles. The fourth-order valence-electron chi connectivity index (χ4n) is 3.42. The van der Waals surface area contributed by atoms with Gasteiger partial charge in [0.15, 0.2) is 6.10 Å². The first kappa shape index (κ1) is 24.2. The highest BCUT2D eigenvalue weighted by atomic mass is 79.9. The van der Waals surface area contributed by atoms with Crippen LogP contribution >= 0.6 is 15.9 Å². The Morgan fingerprint density at radius 3 is 2.49 bits per heavy atom. The molecule has 0 aliphatic heterocycles. The fourth-order valence-corrected chi connectivity index (χ4v) is 3.80. The van der Waals surface area contributed by atoms with Gasteiger partial charge >= 0.3 is 5.97 Å². The minimum atomic E-state index is -0.769. The number of esters is 1. The maximum absolute atomic E-state index is 12.6. The van der Waals surface area contributed by atoms with Crippen LogP contribution in [0.4, 0.5) is 0 Å². The Labute approximate surface area is 211 Å². The maximum Gasteiger partial charge on any atom is 0.343 e. The summed E-state index contributed by atoms with van der Waals surface area (Å²) < 4.78 is 12.2. The van der Waals surface area contributed by atoms with Gasteiger partial charge in [-0.15, -0.1) is 0 Å². The van der Waals surface area contributed by atoms with Gasteiger partial charge in [-0.25, -0.2) is 10.2 Å². The van der Waals surface area contributed by atoms with Gasteiger partial charge in [0.1, 0.15) is 11.5 Å². The number of carbonyl (C=O) groups is 2. The van der Waals surface area contributed by atoms with Crippen LogP contribution in [0.25, 0.3) is 10.8 Å². The summed E-state index contributed by atoms with van der Waals surface area (Å²) >= 11 is 3.41. The number of nitrogens with one attached hydrogen (secondary N) is 1. The molecular weight excluding hydrogens is 508 g/mol. The standard InChI is InChI=1S/C28H23BrN2O4/c1-18-7-3-6-10-25(18)28(33)35-26-14-12-23(29)15-22(26)17-30-31-27(32)19(2)34-24-13-11-20-8-4-5-9-21(20)16-24/h3-17,19H,1-2H3,(H,31,32). The molecule has 0 fully saturated rings. The lowest BCUT2D eigenvalue weighted by Gasteiger charge is -2.13. The Morgan fingerprint density at radius 1 is 0.943 bits per heavy atom. The lowest BCUT2D eigenvalue weighted by Crippen LogP contribution is -2.33. The van der Waals surface area contributed by atoms with Crippen LogP contribution in [-0.2, 0) is 4.79 Å². The fraction of sp³-hybridized carbons (Fsp3) is 0.107. The molecule has 1 atom stereocenters. The van der Waals surface area contributed by atoms with E-state index in [1.165, 1.54) is 6.21 Å². The van der Waals surface area contributed by atoms with Crippen LogP contribution in [0.15, 0.2) is 94.5 Å². The van der Waals surface area contributed by atoms with Crippen LogP contribution in [0.1, 0.15) is 28.4 Å². The van der Waals surface area contributed by atoms with E-state index in [0.29, 0.717) is 22.6 Å². The Hall–Kier alpha value is -3.97. The first-order valence-corrected chi connectivity index (χ1v) is 11.8. The number of halogens is 1. The molecule has 4 rings (SSSR count). The second-order valence-electron chi connectivity index (χ2n) is 7.89. The maximum atomic E-state index is 12.6. The monoisotopic (exact) mass is 530 g/mol. The van der Waals surface area contributed by atoms with Crippen molar-refractivity contribution in [3.63, 3.8) is 0 Å². The number of fused-ring (bicyclic) bond motifs is 1. The van der Waals surface area contributed by atoms with E-state index in [1.54, 1.807) is 37.3 Å². The summed E-state index contributed by atoms with van der Waals surface area (Å²) in [5, 5.41) is 6.15. The zero-order chi connectivity index (χ0) is 24.8. The van der Waals surface area contributed by atoms with E-state index in [2.05, 4.69) is 26.5 Å². The van der Waals surface area contributed by atoms with Gasteiger partial charge in [0.2, 0.25) is 0 Å². The van der Waals surface area contributed by atoms with Crippen molar-refractivity contribution in [3.8, 4) is 11.5 Å². The van der Waals surface area contributed by atoms with E-state index < -0.39 is 18.0 Å². The average Bonchev–Trinajstić information content (AvgIpc) is 2.85. The molecule has 0 radical (unpaired) electrons.